The van der Waals surface area contributed by atoms with Crippen LogP contribution >= 0.6 is 0 Å². The zero-order valence-corrected chi connectivity index (χ0v) is 12.4. The maximum Gasteiger partial charge on any atom is 0.0526 e. The van der Waals surface area contributed by atoms with Crippen LogP contribution in [0.3, 0.4) is 0 Å². The predicted octanol–water partition coefficient (Wildman–Crippen LogP) is 2.09. The molecule has 3 heteroatoms. The first-order chi connectivity index (χ1) is 9.01. The Morgan fingerprint density at radius 3 is 2.37 bits per heavy atom. The van der Waals surface area contributed by atoms with Crippen molar-refractivity contribution in [1.82, 2.24) is 5.32 Å². The first kappa shape index (κ1) is 16.2. The second-order valence-corrected chi connectivity index (χ2v) is 5.63. The van der Waals surface area contributed by atoms with E-state index in [1.807, 2.05) is 13.0 Å². The highest BCUT2D eigenvalue weighted by molar-refractivity contribution is 5.18. The van der Waals surface area contributed by atoms with Gasteiger partial charge in [-0.1, -0.05) is 37.3 Å². The average Bonchev–Trinajstić information content (AvgIpc) is 2.38. The van der Waals surface area contributed by atoms with Gasteiger partial charge in [0.15, 0.2) is 0 Å². The van der Waals surface area contributed by atoms with E-state index < -0.39 is 0 Å². The Hall–Kier alpha value is -0.900. The van der Waals surface area contributed by atoms with Crippen LogP contribution in [0.25, 0.3) is 0 Å². The highest BCUT2D eigenvalue weighted by Crippen LogP contribution is 2.18. The van der Waals surface area contributed by atoms with E-state index in [0.717, 1.165) is 19.3 Å². The molecule has 0 radical (unpaired) electrons. The van der Waals surface area contributed by atoms with E-state index in [1.54, 1.807) is 0 Å². The van der Waals surface area contributed by atoms with E-state index in [4.69, 9.17) is 5.73 Å². The van der Waals surface area contributed by atoms with Gasteiger partial charge in [0.05, 0.1) is 6.10 Å². The Labute approximate surface area is 117 Å². The van der Waals surface area contributed by atoms with Crippen LogP contribution in [0.1, 0.15) is 39.2 Å². The van der Waals surface area contributed by atoms with Crippen molar-refractivity contribution in [2.24, 2.45) is 5.73 Å². The lowest BCUT2D eigenvalue weighted by molar-refractivity contribution is 0.157. The summed E-state index contributed by atoms with van der Waals surface area (Å²) in [4.78, 5) is 0. The summed E-state index contributed by atoms with van der Waals surface area (Å²) in [5.41, 5.74) is 7.23. The van der Waals surface area contributed by atoms with Crippen molar-refractivity contribution in [1.29, 1.82) is 0 Å². The summed E-state index contributed by atoms with van der Waals surface area (Å²) in [5, 5.41) is 13.1. The van der Waals surface area contributed by atoms with Crippen molar-refractivity contribution >= 4 is 0 Å². The third-order valence-corrected chi connectivity index (χ3v) is 3.70. The summed E-state index contributed by atoms with van der Waals surface area (Å²) in [5.74, 6) is 0. The van der Waals surface area contributed by atoms with Crippen LogP contribution in [-0.4, -0.2) is 29.3 Å². The molecule has 0 aliphatic heterocycles. The van der Waals surface area contributed by atoms with Gasteiger partial charge < -0.3 is 16.2 Å². The fourth-order valence-corrected chi connectivity index (χ4v) is 2.63. The third kappa shape index (κ3) is 5.31. The zero-order chi connectivity index (χ0) is 14.3. The van der Waals surface area contributed by atoms with Gasteiger partial charge in [-0.25, -0.2) is 0 Å². The number of benzene rings is 1. The Morgan fingerprint density at radius 2 is 1.89 bits per heavy atom. The van der Waals surface area contributed by atoms with Crippen LogP contribution in [-0.2, 0) is 6.42 Å². The van der Waals surface area contributed by atoms with E-state index >= 15 is 0 Å². The van der Waals surface area contributed by atoms with E-state index in [2.05, 4.69) is 43.4 Å². The minimum Gasteiger partial charge on any atom is -0.393 e. The summed E-state index contributed by atoms with van der Waals surface area (Å²) in [6, 6.07) is 10.7. The fourth-order valence-electron chi connectivity index (χ4n) is 2.63. The van der Waals surface area contributed by atoms with E-state index in [1.165, 1.54) is 5.56 Å². The maximum atomic E-state index is 9.48. The van der Waals surface area contributed by atoms with Crippen molar-refractivity contribution in [3.63, 3.8) is 0 Å². The highest BCUT2D eigenvalue weighted by atomic mass is 16.3. The van der Waals surface area contributed by atoms with Crippen LogP contribution in [0.15, 0.2) is 30.3 Å². The standard InChI is InChI=1S/C16H28N2O/c1-4-16(12-17,18-13(2)10-14(3)19)11-15-8-6-5-7-9-15/h5-9,13-14,18-19H,4,10-12,17H2,1-3H3. The molecule has 1 aromatic carbocycles. The minimum absolute atomic E-state index is 0.0876. The summed E-state index contributed by atoms with van der Waals surface area (Å²) < 4.78 is 0. The number of nitrogens with two attached hydrogens (primary N) is 1. The largest absolute Gasteiger partial charge is 0.393 e. The van der Waals surface area contributed by atoms with E-state index in [0.29, 0.717) is 6.54 Å². The molecule has 0 bridgehead atoms. The van der Waals surface area contributed by atoms with Gasteiger partial charge in [0.1, 0.15) is 0 Å². The molecule has 0 aliphatic rings. The quantitative estimate of drug-likeness (QED) is 0.674. The molecule has 1 rings (SSSR count). The second kappa shape index (κ2) is 7.63. The Morgan fingerprint density at radius 1 is 1.26 bits per heavy atom. The molecule has 0 saturated carbocycles. The minimum atomic E-state index is -0.286. The molecule has 0 saturated heterocycles. The Kier molecular flexibility index (Phi) is 6.49. The molecule has 3 unspecified atom stereocenters. The lowest BCUT2D eigenvalue weighted by Crippen LogP contribution is -2.56. The van der Waals surface area contributed by atoms with Crippen molar-refractivity contribution in [2.45, 2.75) is 57.7 Å². The molecule has 0 spiro atoms. The van der Waals surface area contributed by atoms with Gasteiger partial charge >= 0.3 is 0 Å². The SMILES string of the molecule is CCC(CN)(Cc1ccccc1)NC(C)CC(C)O. The summed E-state index contributed by atoms with van der Waals surface area (Å²) in [7, 11) is 0. The fraction of sp³-hybridized carbons (Fsp3) is 0.625. The smallest absolute Gasteiger partial charge is 0.0526 e. The van der Waals surface area contributed by atoms with Crippen LogP contribution in [0, 0.1) is 0 Å². The summed E-state index contributed by atoms with van der Waals surface area (Å²) in [6.45, 7) is 6.70. The van der Waals surface area contributed by atoms with Crippen molar-refractivity contribution < 1.29 is 5.11 Å². The number of hydrogen-bond acceptors (Lipinski definition) is 3. The summed E-state index contributed by atoms with van der Waals surface area (Å²) >= 11 is 0. The molecule has 19 heavy (non-hydrogen) atoms. The first-order valence-corrected chi connectivity index (χ1v) is 7.21. The molecule has 0 amide bonds. The van der Waals surface area contributed by atoms with Gasteiger partial charge in [-0.3, -0.25) is 0 Å². The maximum absolute atomic E-state index is 9.48. The highest BCUT2D eigenvalue weighted by Gasteiger charge is 2.28. The molecule has 1 aromatic rings. The van der Waals surface area contributed by atoms with Gasteiger partial charge in [-0.15, -0.1) is 0 Å². The van der Waals surface area contributed by atoms with Gasteiger partial charge in [-0.2, -0.15) is 0 Å². The van der Waals surface area contributed by atoms with E-state index in [-0.39, 0.29) is 17.7 Å². The Balaban J connectivity index is 2.73. The first-order valence-electron chi connectivity index (χ1n) is 7.21. The molecule has 3 nitrogen and oxygen atoms in total. The van der Waals surface area contributed by atoms with Crippen LogP contribution < -0.4 is 11.1 Å². The molecule has 108 valence electrons. The number of hydrogen-bond donors (Lipinski definition) is 3. The van der Waals surface area contributed by atoms with Gasteiger partial charge in [-0.05, 0) is 38.7 Å². The van der Waals surface area contributed by atoms with Crippen LogP contribution in [0.2, 0.25) is 0 Å². The van der Waals surface area contributed by atoms with Crippen LogP contribution in [0.5, 0.6) is 0 Å². The molecule has 0 aromatic heterocycles. The lowest BCUT2D eigenvalue weighted by Gasteiger charge is -2.36. The molecule has 0 aliphatic carbocycles. The molecular formula is C16H28N2O. The third-order valence-electron chi connectivity index (χ3n) is 3.70. The van der Waals surface area contributed by atoms with Crippen molar-refractivity contribution in [3.05, 3.63) is 35.9 Å². The normalized spacial score (nSPS) is 17.7. The molecule has 0 fully saturated rings. The molecule has 3 atom stereocenters. The zero-order valence-electron chi connectivity index (χ0n) is 12.4. The van der Waals surface area contributed by atoms with Crippen molar-refractivity contribution in [3.8, 4) is 0 Å². The number of nitrogens with one attached hydrogen (secondary N) is 1. The molecule has 0 heterocycles. The number of rotatable bonds is 8. The van der Waals surface area contributed by atoms with E-state index in [9.17, 15) is 5.11 Å². The van der Waals surface area contributed by atoms with Gasteiger partial charge in [0.25, 0.3) is 0 Å². The number of aliphatic hydroxyl groups is 1. The molecule has 4 N–H and O–H groups in total. The topological polar surface area (TPSA) is 58.3 Å². The second-order valence-electron chi connectivity index (χ2n) is 5.63. The number of aliphatic hydroxyl groups excluding tert-OH is 1. The van der Waals surface area contributed by atoms with Gasteiger partial charge in [0, 0.05) is 18.1 Å². The Bertz CT molecular complexity index is 347. The average molecular weight is 264 g/mol. The lowest BCUT2D eigenvalue weighted by atomic mass is 9.87. The summed E-state index contributed by atoms with van der Waals surface area (Å²) in [6.07, 6.45) is 2.36. The van der Waals surface area contributed by atoms with Gasteiger partial charge in [0.2, 0.25) is 0 Å². The molecular weight excluding hydrogens is 236 g/mol. The predicted molar refractivity (Wildman–Crippen MR) is 81.1 cm³/mol. The monoisotopic (exact) mass is 264 g/mol. The van der Waals surface area contributed by atoms with Crippen LogP contribution in [0.4, 0.5) is 0 Å². The van der Waals surface area contributed by atoms with Crippen molar-refractivity contribution in [2.75, 3.05) is 6.54 Å².